The van der Waals surface area contributed by atoms with E-state index in [-0.39, 0.29) is 12.2 Å². The van der Waals surface area contributed by atoms with Crippen LogP contribution in [0, 0.1) is 12.7 Å². The van der Waals surface area contributed by atoms with E-state index < -0.39 is 17.8 Å². The van der Waals surface area contributed by atoms with Gasteiger partial charge in [-0.15, -0.1) is 0 Å². The standard InChI is InChI=1S/C11H15FN2O2/c1-6-3-8(13)4-9(10(6)12)11(16)14-7(2)5-15/h3-4,7,15H,5,13H2,1-2H3,(H,14,16)/t7-/m0/s1. The lowest BCUT2D eigenvalue weighted by Gasteiger charge is -2.12. The van der Waals surface area contributed by atoms with Gasteiger partial charge in [0, 0.05) is 11.7 Å². The van der Waals surface area contributed by atoms with E-state index in [2.05, 4.69) is 5.32 Å². The molecule has 0 aliphatic rings. The molecule has 1 rings (SSSR count). The van der Waals surface area contributed by atoms with Crippen molar-refractivity contribution in [2.45, 2.75) is 19.9 Å². The van der Waals surface area contributed by atoms with E-state index in [1.807, 2.05) is 0 Å². The zero-order valence-corrected chi connectivity index (χ0v) is 9.25. The molecular weight excluding hydrogens is 211 g/mol. The van der Waals surface area contributed by atoms with E-state index in [4.69, 9.17) is 10.8 Å². The summed E-state index contributed by atoms with van der Waals surface area (Å²) in [6, 6.07) is 2.32. The number of nitrogens with two attached hydrogens (primary N) is 1. The molecule has 1 aromatic rings. The van der Waals surface area contributed by atoms with Crippen molar-refractivity contribution >= 4 is 11.6 Å². The summed E-state index contributed by atoms with van der Waals surface area (Å²) in [5.41, 5.74) is 6.09. The predicted octanol–water partition coefficient (Wildman–Crippen LogP) is 0.827. The van der Waals surface area contributed by atoms with Crippen LogP contribution in [0.3, 0.4) is 0 Å². The van der Waals surface area contributed by atoms with E-state index in [9.17, 15) is 9.18 Å². The third-order valence-electron chi connectivity index (χ3n) is 2.17. The van der Waals surface area contributed by atoms with Crippen LogP contribution in [0.1, 0.15) is 22.8 Å². The molecule has 0 radical (unpaired) electrons. The molecule has 88 valence electrons. The summed E-state index contributed by atoms with van der Waals surface area (Å²) in [6.07, 6.45) is 0. The fraction of sp³-hybridized carbons (Fsp3) is 0.364. The first-order chi connectivity index (χ1) is 7.45. The van der Waals surface area contributed by atoms with E-state index in [1.54, 1.807) is 6.92 Å². The van der Waals surface area contributed by atoms with Gasteiger partial charge in [-0.2, -0.15) is 0 Å². The second-order valence-corrected chi connectivity index (χ2v) is 3.76. The predicted molar refractivity (Wildman–Crippen MR) is 59.6 cm³/mol. The third-order valence-corrected chi connectivity index (χ3v) is 2.17. The molecule has 4 nitrogen and oxygen atoms in total. The number of nitrogen functional groups attached to an aromatic ring is 1. The molecule has 0 fully saturated rings. The maximum absolute atomic E-state index is 13.6. The molecule has 5 heteroatoms. The number of anilines is 1. The van der Waals surface area contributed by atoms with Crippen molar-refractivity contribution in [1.82, 2.24) is 5.32 Å². The summed E-state index contributed by atoms with van der Waals surface area (Å²) < 4.78 is 13.6. The average molecular weight is 226 g/mol. The summed E-state index contributed by atoms with van der Waals surface area (Å²) >= 11 is 0. The van der Waals surface area contributed by atoms with Crippen LogP contribution in [-0.4, -0.2) is 23.7 Å². The Kier molecular flexibility index (Phi) is 3.84. The van der Waals surface area contributed by atoms with Crippen LogP contribution >= 0.6 is 0 Å². The summed E-state index contributed by atoms with van der Waals surface area (Å²) in [7, 11) is 0. The Labute approximate surface area is 93.3 Å². The lowest BCUT2D eigenvalue weighted by Crippen LogP contribution is -2.35. The Bertz CT molecular complexity index is 407. The molecule has 16 heavy (non-hydrogen) atoms. The van der Waals surface area contributed by atoms with E-state index in [1.165, 1.54) is 19.1 Å². The van der Waals surface area contributed by atoms with Gasteiger partial charge >= 0.3 is 0 Å². The van der Waals surface area contributed by atoms with Gasteiger partial charge in [0.2, 0.25) is 0 Å². The summed E-state index contributed by atoms with van der Waals surface area (Å²) in [5.74, 6) is -1.16. The van der Waals surface area contributed by atoms with Crippen LogP contribution in [0.25, 0.3) is 0 Å². The Morgan fingerprint density at radius 1 is 1.62 bits per heavy atom. The highest BCUT2D eigenvalue weighted by molar-refractivity contribution is 5.95. The maximum atomic E-state index is 13.6. The zero-order chi connectivity index (χ0) is 12.3. The van der Waals surface area contributed by atoms with Gasteiger partial charge < -0.3 is 16.2 Å². The number of carbonyl (C=O) groups is 1. The molecule has 0 saturated heterocycles. The third kappa shape index (κ3) is 2.70. The number of hydrogen-bond donors (Lipinski definition) is 3. The number of hydrogen-bond acceptors (Lipinski definition) is 3. The second-order valence-electron chi connectivity index (χ2n) is 3.76. The first-order valence-corrected chi connectivity index (χ1v) is 4.93. The number of nitrogens with one attached hydrogen (secondary N) is 1. The number of benzene rings is 1. The molecule has 1 atom stereocenters. The summed E-state index contributed by atoms with van der Waals surface area (Å²) in [4.78, 5) is 11.6. The minimum Gasteiger partial charge on any atom is -0.399 e. The number of rotatable bonds is 3. The first kappa shape index (κ1) is 12.4. The Morgan fingerprint density at radius 3 is 2.81 bits per heavy atom. The average Bonchev–Trinajstić information content (AvgIpc) is 2.22. The summed E-state index contributed by atoms with van der Waals surface area (Å²) in [6.45, 7) is 2.96. The molecule has 0 aliphatic heterocycles. The first-order valence-electron chi connectivity index (χ1n) is 4.93. The maximum Gasteiger partial charge on any atom is 0.254 e. The van der Waals surface area contributed by atoms with Gasteiger partial charge in [0.1, 0.15) is 5.82 Å². The van der Waals surface area contributed by atoms with Gasteiger partial charge in [-0.05, 0) is 31.5 Å². The van der Waals surface area contributed by atoms with E-state index >= 15 is 0 Å². The van der Waals surface area contributed by atoms with Crippen molar-refractivity contribution in [3.8, 4) is 0 Å². The van der Waals surface area contributed by atoms with Gasteiger partial charge in [0.05, 0.1) is 12.2 Å². The van der Waals surface area contributed by atoms with E-state index in [0.717, 1.165) is 0 Å². The number of halogens is 1. The molecule has 1 amide bonds. The van der Waals surface area contributed by atoms with Crippen molar-refractivity contribution in [2.24, 2.45) is 0 Å². The lowest BCUT2D eigenvalue weighted by atomic mass is 10.1. The molecule has 0 spiro atoms. The highest BCUT2D eigenvalue weighted by Gasteiger charge is 2.16. The van der Waals surface area contributed by atoms with Crippen LogP contribution < -0.4 is 11.1 Å². The van der Waals surface area contributed by atoms with Crippen molar-refractivity contribution in [3.05, 3.63) is 29.1 Å². The van der Waals surface area contributed by atoms with Crippen LogP contribution in [0.4, 0.5) is 10.1 Å². The number of aliphatic hydroxyl groups is 1. The van der Waals surface area contributed by atoms with Crippen LogP contribution in [-0.2, 0) is 0 Å². The number of carbonyl (C=O) groups excluding carboxylic acids is 1. The molecule has 0 heterocycles. The molecular formula is C11H15FN2O2. The van der Waals surface area contributed by atoms with Gasteiger partial charge in [-0.25, -0.2) is 4.39 Å². The Morgan fingerprint density at radius 2 is 2.25 bits per heavy atom. The quantitative estimate of drug-likeness (QED) is 0.668. The largest absolute Gasteiger partial charge is 0.399 e. The van der Waals surface area contributed by atoms with Crippen molar-refractivity contribution < 1.29 is 14.3 Å². The van der Waals surface area contributed by atoms with Crippen molar-refractivity contribution in [2.75, 3.05) is 12.3 Å². The highest BCUT2D eigenvalue weighted by atomic mass is 19.1. The molecule has 0 saturated carbocycles. The fourth-order valence-electron chi connectivity index (χ4n) is 1.31. The molecule has 4 N–H and O–H groups in total. The lowest BCUT2D eigenvalue weighted by molar-refractivity contribution is 0.0918. The van der Waals surface area contributed by atoms with E-state index in [0.29, 0.717) is 11.3 Å². The topological polar surface area (TPSA) is 75.4 Å². The van der Waals surface area contributed by atoms with Crippen molar-refractivity contribution in [1.29, 1.82) is 0 Å². The molecule has 0 aromatic heterocycles. The number of amides is 1. The fourth-order valence-corrected chi connectivity index (χ4v) is 1.31. The minimum atomic E-state index is -0.586. The van der Waals surface area contributed by atoms with Crippen molar-refractivity contribution in [3.63, 3.8) is 0 Å². The Balaban J connectivity index is 2.99. The smallest absolute Gasteiger partial charge is 0.254 e. The van der Waals surface area contributed by atoms with Gasteiger partial charge in [-0.1, -0.05) is 0 Å². The highest BCUT2D eigenvalue weighted by Crippen LogP contribution is 2.17. The van der Waals surface area contributed by atoms with Crippen LogP contribution in [0.2, 0.25) is 0 Å². The van der Waals surface area contributed by atoms with Gasteiger partial charge in [0.25, 0.3) is 5.91 Å². The van der Waals surface area contributed by atoms with Crippen LogP contribution in [0.5, 0.6) is 0 Å². The molecule has 0 aliphatic carbocycles. The summed E-state index contributed by atoms with van der Waals surface area (Å²) in [5, 5.41) is 11.2. The zero-order valence-electron chi connectivity index (χ0n) is 9.25. The number of aryl methyl sites for hydroxylation is 1. The minimum absolute atomic E-state index is 0.0993. The monoisotopic (exact) mass is 226 g/mol. The molecule has 0 bridgehead atoms. The number of aliphatic hydroxyl groups excluding tert-OH is 1. The van der Waals surface area contributed by atoms with Crippen LogP contribution in [0.15, 0.2) is 12.1 Å². The van der Waals surface area contributed by atoms with Gasteiger partial charge in [-0.3, -0.25) is 4.79 Å². The van der Waals surface area contributed by atoms with Gasteiger partial charge in [0.15, 0.2) is 0 Å². The molecule has 1 aromatic carbocycles. The second kappa shape index (κ2) is 4.94. The SMILES string of the molecule is Cc1cc(N)cc(C(=O)N[C@@H](C)CO)c1F. The normalized spacial score (nSPS) is 12.2. The Hall–Kier alpha value is -1.62. The molecule has 0 unspecified atom stereocenters.